The number of amides is 1. The highest BCUT2D eigenvalue weighted by Crippen LogP contribution is 2.39. The lowest BCUT2D eigenvalue weighted by Crippen LogP contribution is -2.38. The highest BCUT2D eigenvalue weighted by molar-refractivity contribution is 6.31. The number of nitrogens with one attached hydrogen (secondary N) is 3. The quantitative estimate of drug-likeness (QED) is 0.305. The number of aromatic nitrogens is 5. The average molecular weight is 528 g/mol. The van der Waals surface area contributed by atoms with Crippen LogP contribution in [0.3, 0.4) is 0 Å². The zero-order valence-electron chi connectivity index (χ0n) is 19.8. The number of aromatic amines is 1. The van der Waals surface area contributed by atoms with Gasteiger partial charge in [-0.3, -0.25) is 9.50 Å². The summed E-state index contributed by atoms with van der Waals surface area (Å²) >= 11 is 5.96. The van der Waals surface area contributed by atoms with E-state index in [1.807, 2.05) is 6.92 Å². The lowest BCUT2D eigenvalue weighted by molar-refractivity contribution is 0.0546. The fourth-order valence-corrected chi connectivity index (χ4v) is 4.80. The number of carbonyl (C=O) groups is 1. The van der Waals surface area contributed by atoms with Gasteiger partial charge in [0.2, 0.25) is 5.95 Å². The number of carbonyl (C=O) groups excluding carboxylic acids is 1. The molecule has 3 atom stereocenters. The van der Waals surface area contributed by atoms with Crippen LogP contribution in [0.4, 0.5) is 25.3 Å². The largest absolute Gasteiger partial charge is 0.443 e. The lowest BCUT2D eigenvalue weighted by atomic mass is 10.0. The van der Waals surface area contributed by atoms with E-state index >= 15 is 4.39 Å². The molecule has 0 unspecified atom stereocenters. The van der Waals surface area contributed by atoms with Crippen LogP contribution in [0.1, 0.15) is 44.2 Å². The standard InChI is InChI=1S/C25H24ClF2N7O2/c1-25(6-7-25)32-24(36)37-19-5-3-14(22(19)28)18-11-20(34-33-18)31-23-30-17(12-21-29-8-9-35(21)23)13-2-4-16(27)15(26)10-13/h2,4,8-12,14,19,22H,3,5-7H2,1H3,(H,32,36)(H2,30,31,33,34)/t14-,19-,22-/m0/s1. The first kappa shape index (κ1) is 23.7. The molecule has 9 nitrogen and oxygen atoms in total. The molecule has 0 aliphatic heterocycles. The monoisotopic (exact) mass is 527 g/mol. The van der Waals surface area contributed by atoms with Gasteiger partial charge in [-0.2, -0.15) is 5.10 Å². The van der Waals surface area contributed by atoms with E-state index in [9.17, 15) is 9.18 Å². The topological polar surface area (TPSA) is 109 Å². The van der Waals surface area contributed by atoms with Crippen molar-refractivity contribution in [3.05, 3.63) is 59.3 Å². The first-order chi connectivity index (χ1) is 17.8. The summed E-state index contributed by atoms with van der Waals surface area (Å²) in [5.41, 5.74) is 2.15. The summed E-state index contributed by atoms with van der Waals surface area (Å²) in [6.45, 7) is 1.94. The molecule has 6 rings (SSSR count). The number of fused-ring (bicyclic) bond motifs is 1. The number of rotatable bonds is 6. The molecule has 2 fully saturated rings. The number of benzene rings is 1. The number of anilines is 2. The molecule has 0 radical (unpaired) electrons. The van der Waals surface area contributed by atoms with E-state index in [0.717, 1.165) is 12.8 Å². The third kappa shape index (κ3) is 4.71. The van der Waals surface area contributed by atoms with E-state index in [-0.39, 0.29) is 10.6 Å². The van der Waals surface area contributed by atoms with Crippen molar-refractivity contribution in [2.45, 2.75) is 56.3 Å². The number of alkyl carbamates (subject to hydrolysis) is 1. The van der Waals surface area contributed by atoms with Crippen molar-refractivity contribution in [2.75, 3.05) is 5.32 Å². The number of hydrogen-bond donors (Lipinski definition) is 3. The van der Waals surface area contributed by atoms with Gasteiger partial charge < -0.3 is 15.4 Å². The Morgan fingerprint density at radius 2 is 2.11 bits per heavy atom. The zero-order chi connectivity index (χ0) is 25.7. The Balaban J connectivity index is 1.19. The fourth-order valence-electron chi connectivity index (χ4n) is 4.62. The Morgan fingerprint density at radius 1 is 1.27 bits per heavy atom. The first-order valence-electron chi connectivity index (χ1n) is 12.0. The summed E-state index contributed by atoms with van der Waals surface area (Å²) < 4.78 is 36.0. The Kier molecular flexibility index (Phi) is 5.74. The Morgan fingerprint density at radius 3 is 2.89 bits per heavy atom. The maximum Gasteiger partial charge on any atom is 0.407 e. The van der Waals surface area contributed by atoms with Crippen LogP contribution in [0.25, 0.3) is 16.9 Å². The van der Waals surface area contributed by atoms with Crippen LogP contribution < -0.4 is 10.6 Å². The van der Waals surface area contributed by atoms with Gasteiger partial charge in [0.15, 0.2) is 5.82 Å². The molecule has 3 N–H and O–H groups in total. The maximum atomic E-state index is 15.2. The molecule has 4 aromatic rings. The smallest absolute Gasteiger partial charge is 0.407 e. The number of nitrogens with zero attached hydrogens (tertiary/aromatic N) is 4. The van der Waals surface area contributed by atoms with Crippen LogP contribution >= 0.6 is 11.6 Å². The van der Waals surface area contributed by atoms with Crippen LogP contribution in [-0.2, 0) is 4.74 Å². The number of imidazole rings is 1. The van der Waals surface area contributed by atoms with Crippen LogP contribution in [-0.4, -0.2) is 48.5 Å². The third-order valence-corrected chi connectivity index (χ3v) is 7.30. The summed E-state index contributed by atoms with van der Waals surface area (Å²) in [5, 5.41) is 13.1. The molecule has 1 amide bonds. The van der Waals surface area contributed by atoms with E-state index in [4.69, 9.17) is 16.3 Å². The second kappa shape index (κ2) is 8.98. The van der Waals surface area contributed by atoms with Crippen LogP contribution in [0, 0.1) is 5.82 Å². The molecule has 0 spiro atoms. The van der Waals surface area contributed by atoms with Gasteiger partial charge in [0.05, 0.1) is 10.7 Å². The van der Waals surface area contributed by atoms with Gasteiger partial charge in [-0.15, -0.1) is 0 Å². The minimum Gasteiger partial charge on any atom is -0.443 e. The maximum absolute atomic E-state index is 15.2. The van der Waals surface area contributed by atoms with Crippen molar-refractivity contribution in [3.63, 3.8) is 0 Å². The van der Waals surface area contributed by atoms with Gasteiger partial charge in [0.25, 0.3) is 0 Å². The molecule has 0 saturated heterocycles. The average Bonchev–Trinajstić information content (AvgIpc) is 3.25. The molecule has 1 aromatic carbocycles. The Hall–Kier alpha value is -3.73. The van der Waals surface area contributed by atoms with Gasteiger partial charge in [0, 0.05) is 47.2 Å². The summed E-state index contributed by atoms with van der Waals surface area (Å²) in [4.78, 5) is 21.1. The van der Waals surface area contributed by atoms with E-state index < -0.39 is 30.1 Å². The molecule has 3 heterocycles. The van der Waals surface area contributed by atoms with Crippen LogP contribution in [0.2, 0.25) is 5.02 Å². The van der Waals surface area contributed by atoms with Crippen LogP contribution in [0.15, 0.2) is 42.7 Å². The molecular weight excluding hydrogens is 504 g/mol. The van der Waals surface area contributed by atoms with Gasteiger partial charge in [-0.25, -0.2) is 23.5 Å². The van der Waals surface area contributed by atoms with Crippen molar-refractivity contribution in [3.8, 4) is 11.3 Å². The van der Waals surface area contributed by atoms with Crippen molar-refractivity contribution in [1.29, 1.82) is 0 Å². The van der Waals surface area contributed by atoms with Crippen molar-refractivity contribution >= 4 is 35.1 Å². The normalized spacial score (nSPS) is 22.2. The SMILES string of the molecule is CC1(NC(=O)O[C@H]2CC[C@@H](c3cc(Nc4nc(-c5ccc(F)c(Cl)c5)cc5nccn45)n[nH]3)[C@@H]2F)CC1. The highest BCUT2D eigenvalue weighted by Gasteiger charge is 2.43. The molecule has 2 saturated carbocycles. The Labute approximate surface area is 215 Å². The molecule has 2 aliphatic carbocycles. The van der Waals surface area contributed by atoms with Crippen LogP contribution in [0.5, 0.6) is 0 Å². The van der Waals surface area contributed by atoms with Crippen molar-refractivity contribution in [2.24, 2.45) is 0 Å². The van der Waals surface area contributed by atoms with Gasteiger partial charge in [-0.05, 0) is 50.8 Å². The highest BCUT2D eigenvalue weighted by atomic mass is 35.5. The molecular formula is C25H24ClF2N7O2. The predicted octanol–water partition coefficient (Wildman–Crippen LogP) is 5.52. The number of hydrogen-bond acceptors (Lipinski definition) is 6. The molecule has 0 bridgehead atoms. The first-order valence-corrected chi connectivity index (χ1v) is 12.4. The van der Waals surface area contributed by atoms with Gasteiger partial charge >= 0.3 is 6.09 Å². The molecule has 3 aromatic heterocycles. The summed E-state index contributed by atoms with van der Waals surface area (Å²) in [6.07, 6.45) is 3.39. The third-order valence-electron chi connectivity index (χ3n) is 7.01. The second-order valence-electron chi connectivity index (χ2n) is 9.84. The number of alkyl halides is 1. The van der Waals surface area contributed by atoms with Crippen molar-refractivity contribution < 1.29 is 18.3 Å². The summed E-state index contributed by atoms with van der Waals surface area (Å²) in [7, 11) is 0. The summed E-state index contributed by atoms with van der Waals surface area (Å²) in [6, 6.07) is 7.85. The molecule has 37 heavy (non-hydrogen) atoms. The zero-order valence-corrected chi connectivity index (χ0v) is 20.6. The number of halogens is 3. The van der Waals surface area contributed by atoms with Gasteiger partial charge in [-0.1, -0.05) is 11.6 Å². The second-order valence-corrected chi connectivity index (χ2v) is 10.2. The number of H-pyrrole nitrogens is 1. The van der Waals surface area contributed by atoms with Crippen molar-refractivity contribution in [1.82, 2.24) is 29.9 Å². The predicted molar refractivity (Wildman–Crippen MR) is 133 cm³/mol. The summed E-state index contributed by atoms with van der Waals surface area (Å²) in [5.74, 6) is -0.148. The van der Waals surface area contributed by atoms with E-state index in [0.29, 0.717) is 47.2 Å². The number of ether oxygens (including phenoxy) is 1. The van der Waals surface area contributed by atoms with E-state index in [2.05, 4.69) is 30.8 Å². The molecule has 2 aliphatic rings. The van der Waals surface area contributed by atoms with Gasteiger partial charge in [0.1, 0.15) is 23.7 Å². The lowest BCUT2D eigenvalue weighted by Gasteiger charge is -2.19. The molecule has 12 heteroatoms. The van der Waals surface area contributed by atoms with E-state index in [1.165, 1.54) is 12.1 Å². The molecule has 192 valence electrons. The minimum absolute atomic E-state index is 0.00666. The fraction of sp³-hybridized carbons (Fsp3) is 0.360. The Bertz CT molecular complexity index is 1480. The van der Waals surface area contributed by atoms with E-state index in [1.54, 1.807) is 35.0 Å². The minimum atomic E-state index is -1.35.